The maximum absolute atomic E-state index is 10.6. The Morgan fingerprint density at radius 2 is 1.72 bits per heavy atom. The number of nitriles is 2. The number of amidine groups is 1. The SMILES string of the molecule is CCCCSC1(SCCCC)N=C(N)C2(C#N)C(c3ccc(OCC)c(OC)c3)C12C#N. The Bertz CT molecular complexity index is 944. The third kappa shape index (κ3) is 3.43. The van der Waals surface area contributed by atoms with Crippen molar-refractivity contribution in [1.29, 1.82) is 10.5 Å². The van der Waals surface area contributed by atoms with Gasteiger partial charge in [-0.2, -0.15) is 10.5 Å². The minimum atomic E-state index is -1.13. The summed E-state index contributed by atoms with van der Waals surface area (Å²) in [5.41, 5.74) is 5.20. The fourth-order valence-electron chi connectivity index (χ4n) is 4.71. The molecule has 1 aromatic carbocycles. The van der Waals surface area contributed by atoms with E-state index in [1.807, 2.05) is 25.1 Å². The maximum atomic E-state index is 10.6. The molecule has 8 heteroatoms. The highest BCUT2D eigenvalue weighted by molar-refractivity contribution is 8.18. The Morgan fingerprint density at radius 3 is 2.22 bits per heavy atom. The van der Waals surface area contributed by atoms with E-state index in [0.29, 0.717) is 18.1 Å². The number of nitrogens with zero attached hydrogens (tertiary/aromatic N) is 3. The molecule has 3 unspecified atom stereocenters. The van der Waals surface area contributed by atoms with Crippen LogP contribution < -0.4 is 15.2 Å². The fraction of sp³-hybridized carbons (Fsp3) is 0.625. The van der Waals surface area contributed by atoms with Gasteiger partial charge in [0, 0.05) is 5.92 Å². The van der Waals surface area contributed by atoms with Crippen molar-refractivity contribution in [1.82, 2.24) is 0 Å². The number of benzene rings is 1. The van der Waals surface area contributed by atoms with Gasteiger partial charge in [0.15, 0.2) is 15.7 Å². The van der Waals surface area contributed by atoms with E-state index in [1.54, 1.807) is 30.6 Å². The van der Waals surface area contributed by atoms with Crippen molar-refractivity contribution in [2.75, 3.05) is 25.2 Å². The first-order chi connectivity index (χ1) is 15.5. The van der Waals surface area contributed by atoms with E-state index in [4.69, 9.17) is 20.2 Å². The number of rotatable bonds is 12. The highest BCUT2D eigenvalue weighted by Gasteiger charge is 2.92. The van der Waals surface area contributed by atoms with Crippen LogP contribution in [0.15, 0.2) is 23.2 Å². The van der Waals surface area contributed by atoms with Gasteiger partial charge < -0.3 is 15.2 Å². The molecular weight excluding hydrogens is 440 g/mol. The molecule has 172 valence electrons. The number of fused-ring (bicyclic) bond motifs is 1. The van der Waals surface area contributed by atoms with E-state index < -0.39 is 15.0 Å². The van der Waals surface area contributed by atoms with Crippen molar-refractivity contribution in [3.63, 3.8) is 0 Å². The predicted octanol–water partition coefficient (Wildman–Crippen LogP) is 5.30. The summed E-state index contributed by atoms with van der Waals surface area (Å²) in [5.74, 6) is 2.90. The van der Waals surface area contributed by atoms with Crippen molar-refractivity contribution < 1.29 is 9.47 Å². The van der Waals surface area contributed by atoms with Crippen LogP contribution in [0.3, 0.4) is 0 Å². The molecule has 1 heterocycles. The standard InChI is InChI=1S/C24H32N4O2S2/c1-5-8-12-31-24(32-13-9-6-2)23(16-26)20(22(23,15-25)21(27)28-24)17-10-11-18(30-7-3)19(14-17)29-4/h10-11,14,20H,5-9,12-13H2,1-4H3,(H2,27,28). The van der Waals surface area contributed by atoms with Gasteiger partial charge in [0.2, 0.25) is 0 Å². The van der Waals surface area contributed by atoms with Crippen molar-refractivity contribution in [3.8, 4) is 23.6 Å². The molecule has 1 aliphatic heterocycles. The van der Waals surface area contributed by atoms with Crippen LogP contribution in [0.2, 0.25) is 0 Å². The Balaban J connectivity index is 2.11. The van der Waals surface area contributed by atoms with Gasteiger partial charge >= 0.3 is 0 Å². The second kappa shape index (κ2) is 9.85. The minimum Gasteiger partial charge on any atom is -0.493 e. The number of unbranched alkanes of at least 4 members (excludes halogenated alkanes) is 2. The van der Waals surface area contributed by atoms with Gasteiger partial charge in [-0.15, -0.1) is 23.5 Å². The zero-order valence-electron chi connectivity index (χ0n) is 19.3. The van der Waals surface area contributed by atoms with E-state index in [-0.39, 0.29) is 11.8 Å². The predicted molar refractivity (Wildman–Crippen MR) is 132 cm³/mol. The number of methoxy groups -OCH3 is 1. The van der Waals surface area contributed by atoms with Crippen LogP contribution in [0, 0.1) is 33.5 Å². The maximum Gasteiger partial charge on any atom is 0.175 e. The number of nitrogens with two attached hydrogens (primary N) is 1. The molecule has 6 nitrogen and oxygen atoms in total. The minimum absolute atomic E-state index is 0.285. The Labute approximate surface area is 199 Å². The smallest absolute Gasteiger partial charge is 0.175 e. The highest BCUT2D eigenvalue weighted by atomic mass is 32.2. The molecule has 3 rings (SSSR count). The molecule has 1 aliphatic carbocycles. The van der Waals surface area contributed by atoms with E-state index in [0.717, 1.165) is 42.8 Å². The third-order valence-corrected chi connectivity index (χ3v) is 9.64. The lowest BCUT2D eigenvalue weighted by atomic mass is 9.97. The number of ether oxygens (including phenoxy) is 2. The molecule has 3 atom stereocenters. The van der Waals surface area contributed by atoms with E-state index >= 15 is 0 Å². The monoisotopic (exact) mass is 472 g/mol. The van der Waals surface area contributed by atoms with Gasteiger partial charge in [0.05, 0.1) is 25.9 Å². The quantitative estimate of drug-likeness (QED) is 0.325. The third-order valence-electron chi connectivity index (χ3n) is 6.34. The molecule has 0 radical (unpaired) electrons. The highest BCUT2D eigenvalue weighted by Crippen LogP contribution is 2.85. The largest absolute Gasteiger partial charge is 0.493 e. The van der Waals surface area contributed by atoms with Crippen LogP contribution in [0.25, 0.3) is 0 Å². The number of hydrogen-bond acceptors (Lipinski definition) is 8. The van der Waals surface area contributed by atoms with Crippen LogP contribution in [0.5, 0.6) is 11.5 Å². The van der Waals surface area contributed by atoms with E-state index in [2.05, 4.69) is 26.0 Å². The Morgan fingerprint density at radius 1 is 1.06 bits per heavy atom. The lowest BCUT2D eigenvalue weighted by molar-refractivity contribution is 0.310. The average molecular weight is 473 g/mol. The molecule has 2 aliphatic rings. The van der Waals surface area contributed by atoms with Gasteiger partial charge in [-0.3, -0.25) is 0 Å². The molecule has 32 heavy (non-hydrogen) atoms. The first-order valence-corrected chi connectivity index (χ1v) is 13.2. The fourth-order valence-corrected chi connectivity index (χ4v) is 8.39. The zero-order valence-corrected chi connectivity index (χ0v) is 20.9. The van der Waals surface area contributed by atoms with Gasteiger partial charge in [-0.25, -0.2) is 4.99 Å². The molecule has 0 saturated heterocycles. The van der Waals surface area contributed by atoms with Crippen molar-refractivity contribution >= 4 is 29.4 Å². The van der Waals surface area contributed by atoms with Gasteiger partial charge in [-0.05, 0) is 49.0 Å². The molecule has 1 fully saturated rings. The molecule has 1 aromatic rings. The van der Waals surface area contributed by atoms with Crippen molar-refractivity contribution in [2.24, 2.45) is 21.6 Å². The van der Waals surface area contributed by atoms with Crippen molar-refractivity contribution in [3.05, 3.63) is 23.8 Å². The van der Waals surface area contributed by atoms with Crippen LogP contribution in [0.4, 0.5) is 0 Å². The van der Waals surface area contributed by atoms with Gasteiger partial charge in [0.1, 0.15) is 16.7 Å². The molecule has 2 N–H and O–H groups in total. The number of hydrogen-bond donors (Lipinski definition) is 1. The molecular formula is C24H32N4O2S2. The van der Waals surface area contributed by atoms with Crippen LogP contribution in [0.1, 0.15) is 57.9 Å². The number of thioether (sulfide) groups is 2. The summed E-state index contributed by atoms with van der Waals surface area (Å²) in [6.45, 7) is 6.74. The van der Waals surface area contributed by atoms with Crippen LogP contribution in [-0.2, 0) is 0 Å². The van der Waals surface area contributed by atoms with Crippen molar-refractivity contribution in [2.45, 2.75) is 56.6 Å². The van der Waals surface area contributed by atoms with Gasteiger partial charge in [0.25, 0.3) is 0 Å². The molecule has 0 spiro atoms. The topological polar surface area (TPSA) is 104 Å². The summed E-state index contributed by atoms with van der Waals surface area (Å²) in [6.07, 6.45) is 4.17. The number of aliphatic imine (C=N–C) groups is 1. The van der Waals surface area contributed by atoms with E-state index in [1.165, 1.54) is 0 Å². The molecule has 0 aromatic heterocycles. The first-order valence-electron chi connectivity index (χ1n) is 11.2. The lowest BCUT2D eigenvalue weighted by Gasteiger charge is -2.32. The summed E-state index contributed by atoms with van der Waals surface area (Å²) < 4.78 is 10.4. The first kappa shape index (κ1) is 24.6. The zero-order chi connectivity index (χ0) is 23.4. The molecule has 1 saturated carbocycles. The Hall–Kier alpha value is -2.03. The lowest BCUT2D eigenvalue weighted by Crippen LogP contribution is -2.32. The van der Waals surface area contributed by atoms with Crippen LogP contribution >= 0.6 is 23.5 Å². The molecule has 0 amide bonds. The summed E-state index contributed by atoms with van der Waals surface area (Å²) in [4.78, 5) is 4.87. The van der Waals surface area contributed by atoms with Crippen LogP contribution in [-0.4, -0.2) is 35.3 Å². The van der Waals surface area contributed by atoms with Gasteiger partial charge in [-0.1, -0.05) is 32.8 Å². The normalized spacial score (nSPS) is 27.1. The second-order valence-electron chi connectivity index (χ2n) is 8.10. The molecule has 0 bridgehead atoms. The second-order valence-corrected chi connectivity index (χ2v) is 10.9. The summed E-state index contributed by atoms with van der Waals surface area (Å²) in [5, 5.41) is 21.0. The Kier molecular flexibility index (Phi) is 7.57. The summed E-state index contributed by atoms with van der Waals surface area (Å²) >= 11 is 3.37. The summed E-state index contributed by atoms with van der Waals surface area (Å²) in [7, 11) is 1.59. The van der Waals surface area contributed by atoms with E-state index in [9.17, 15) is 10.5 Å². The average Bonchev–Trinajstić information content (AvgIpc) is 3.38. The summed E-state index contributed by atoms with van der Waals surface area (Å²) in [6, 6.07) is 10.7.